The van der Waals surface area contributed by atoms with E-state index < -0.39 is 10.0 Å². The van der Waals surface area contributed by atoms with Crippen molar-refractivity contribution in [1.29, 1.82) is 0 Å². The lowest BCUT2D eigenvalue weighted by molar-refractivity contribution is 0.474. The van der Waals surface area contributed by atoms with Crippen LogP contribution in [0.4, 0.5) is 0 Å². The minimum Gasteiger partial charge on any atom is -0.207 e. The molecule has 6 heteroatoms. The molecule has 0 amide bonds. The van der Waals surface area contributed by atoms with Crippen LogP contribution >= 0.6 is 23.2 Å². The monoisotopic (exact) mass is 305 g/mol. The second-order valence-corrected chi connectivity index (χ2v) is 6.22. The quantitative estimate of drug-likeness (QED) is 0.756. The standard InChI is InChI=1S/C12H13Cl2NO2S/c1-3-7-15(8-4-2)18(16,17)12-9-10(13)5-6-11(12)14/h3-6,9H,1-2,7-8H2. The van der Waals surface area contributed by atoms with Crippen LogP contribution in [-0.4, -0.2) is 25.8 Å². The van der Waals surface area contributed by atoms with Crippen molar-refractivity contribution < 1.29 is 8.42 Å². The molecule has 0 bridgehead atoms. The van der Waals surface area contributed by atoms with Gasteiger partial charge in [0.15, 0.2) is 0 Å². The zero-order valence-corrected chi connectivity index (χ0v) is 12.0. The second-order valence-electron chi connectivity index (χ2n) is 3.47. The third-order valence-electron chi connectivity index (χ3n) is 2.18. The molecule has 0 fully saturated rings. The smallest absolute Gasteiger partial charge is 0.207 e. The summed E-state index contributed by atoms with van der Waals surface area (Å²) in [6, 6.07) is 4.32. The predicted molar refractivity (Wildman–Crippen MR) is 75.6 cm³/mol. The Kier molecular flexibility index (Phi) is 5.41. The van der Waals surface area contributed by atoms with E-state index in [0.717, 1.165) is 0 Å². The molecule has 18 heavy (non-hydrogen) atoms. The van der Waals surface area contributed by atoms with Crippen LogP contribution in [0.15, 0.2) is 48.4 Å². The third kappa shape index (κ3) is 3.36. The van der Waals surface area contributed by atoms with Gasteiger partial charge in [0.05, 0.1) is 5.02 Å². The van der Waals surface area contributed by atoms with Crippen LogP contribution < -0.4 is 0 Å². The van der Waals surface area contributed by atoms with Gasteiger partial charge >= 0.3 is 0 Å². The van der Waals surface area contributed by atoms with Gasteiger partial charge in [-0.25, -0.2) is 8.42 Å². The molecule has 0 N–H and O–H groups in total. The average Bonchev–Trinajstić information content (AvgIpc) is 2.32. The van der Waals surface area contributed by atoms with Crippen molar-refractivity contribution in [2.75, 3.05) is 13.1 Å². The van der Waals surface area contributed by atoms with Crippen molar-refractivity contribution in [3.63, 3.8) is 0 Å². The first-order valence-electron chi connectivity index (χ1n) is 5.10. The Morgan fingerprint density at radius 1 is 1.17 bits per heavy atom. The molecule has 0 aromatic heterocycles. The molecule has 3 nitrogen and oxygen atoms in total. The minimum absolute atomic E-state index is 0.0135. The van der Waals surface area contributed by atoms with Gasteiger partial charge in [0, 0.05) is 18.1 Å². The Morgan fingerprint density at radius 2 is 1.72 bits per heavy atom. The summed E-state index contributed by atoms with van der Waals surface area (Å²) in [7, 11) is -3.70. The molecular weight excluding hydrogens is 293 g/mol. The van der Waals surface area contributed by atoms with E-state index in [1.54, 1.807) is 0 Å². The topological polar surface area (TPSA) is 37.4 Å². The van der Waals surface area contributed by atoms with Gasteiger partial charge in [-0.1, -0.05) is 35.4 Å². The van der Waals surface area contributed by atoms with Crippen LogP contribution in [0.2, 0.25) is 10.0 Å². The van der Waals surface area contributed by atoms with Gasteiger partial charge in [-0.3, -0.25) is 0 Å². The van der Waals surface area contributed by atoms with Crippen molar-refractivity contribution in [3.8, 4) is 0 Å². The zero-order chi connectivity index (χ0) is 13.8. The number of halogens is 2. The van der Waals surface area contributed by atoms with E-state index in [0.29, 0.717) is 5.02 Å². The molecule has 0 spiro atoms. The summed E-state index contributed by atoms with van der Waals surface area (Å²) in [6.45, 7) is 7.42. The van der Waals surface area contributed by atoms with Crippen LogP contribution in [0, 0.1) is 0 Å². The van der Waals surface area contributed by atoms with E-state index in [-0.39, 0.29) is 23.0 Å². The Bertz CT molecular complexity index is 545. The van der Waals surface area contributed by atoms with Crippen molar-refractivity contribution in [2.45, 2.75) is 4.90 Å². The summed E-state index contributed by atoms with van der Waals surface area (Å²) in [5.74, 6) is 0. The molecule has 1 rings (SSSR count). The van der Waals surface area contributed by atoms with Gasteiger partial charge in [0.1, 0.15) is 4.90 Å². The molecule has 0 unspecified atom stereocenters. The lowest BCUT2D eigenvalue weighted by Gasteiger charge is -2.19. The molecule has 0 saturated heterocycles. The molecule has 0 radical (unpaired) electrons. The number of rotatable bonds is 6. The molecule has 0 aliphatic rings. The second kappa shape index (κ2) is 6.38. The highest BCUT2D eigenvalue weighted by Crippen LogP contribution is 2.27. The van der Waals surface area contributed by atoms with Crippen molar-refractivity contribution in [1.82, 2.24) is 4.31 Å². The highest BCUT2D eigenvalue weighted by Gasteiger charge is 2.25. The molecule has 0 aliphatic carbocycles. The fraction of sp³-hybridized carbons (Fsp3) is 0.167. The maximum Gasteiger partial charge on any atom is 0.245 e. The SMILES string of the molecule is C=CCN(CC=C)S(=O)(=O)c1cc(Cl)ccc1Cl. The number of nitrogens with zero attached hydrogens (tertiary/aromatic N) is 1. The Hall–Kier alpha value is -0.810. The van der Waals surface area contributed by atoms with Gasteiger partial charge in [0.25, 0.3) is 0 Å². The van der Waals surface area contributed by atoms with Crippen molar-refractivity contribution in [3.05, 3.63) is 53.6 Å². The summed E-state index contributed by atoms with van der Waals surface area (Å²) in [5.41, 5.74) is 0. The summed E-state index contributed by atoms with van der Waals surface area (Å²) in [4.78, 5) is -0.0135. The minimum atomic E-state index is -3.70. The number of hydrogen-bond donors (Lipinski definition) is 0. The van der Waals surface area contributed by atoms with Crippen LogP contribution in [0.1, 0.15) is 0 Å². The molecule has 0 atom stereocenters. The average molecular weight is 306 g/mol. The van der Waals surface area contributed by atoms with E-state index in [4.69, 9.17) is 23.2 Å². The largest absolute Gasteiger partial charge is 0.245 e. The van der Waals surface area contributed by atoms with Crippen molar-refractivity contribution in [2.24, 2.45) is 0 Å². The van der Waals surface area contributed by atoms with E-state index >= 15 is 0 Å². The van der Waals surface area contributed by atoms with E-state index in [1.807, 2.05) is 0 Å². The van der Waals surface area contributed by atoms with Crippen molar-refractivity contribution >= 4 is 33.2 Å². The fourth-order valence-corrected chi connectivity index (χ4v) is 3.49. The normalized spacial score (nSPS) is 11.5. The van der Waals surface area contributed by atoms with E-state index in [1.165, 1.54) is 34.7 Å². The first-order chi connectivity index (χ1) is 8.43. The van der Waals surface area contributed by atoms with E-state index in [2.05, 4.69) is 13.2 Å². The molecule has 1 aromatic rings. The highest BCUT2D eigenvalue weighted by atomic mass is 35.5. The van der Waals surface area contributed by atoms with Gasteiger partial charge in [-0.15, -0.1) is 13.2 Å². The molecular formula is C12H13Cl2NO2S. The third-order valence-corrected chi connectivity index (χ3v) is 4.72. The van der Waals surface area contributed by atoms with Crippen LogP contribution in [0.5, 0.6) is 0 Å². The van der Waals surface area contributed by atoms with Gasteiger partial charge in [-0.2, -0.15) is 4.31 Å². The summed E-state index contributed by atoms with van der Waals surface area (Å²) >= 11 is 11.7. The molecule has 1 aromatic carbocycles. The van der Waals surface area contributed by atoms with Gasteiger partial charge in [0.2, 0.25) is 10.0 Å². The molecule has 98 valence electrons. The van der Waals surface area contributed by atoms with Crippen LogP contribution in [-0.2, 0) is 10.0 Å². The first-order valence-corrected chi connectivity index (χ1v) is 7.30. The number of sulfonamides is 1. The Morgan fingerprint density at radius 3 is 2.22 bits per heavy atom. The Labute approximate surface area is 117 Å². The first kappa shape index (κ1) is 15.2. The summed E-state index contributed by atoms with van der Waals surface area (Å²) in [6.07, 6.45) is 3.00. The van der Waals surface area contributed by atoms with Gasteiger partial charge < -0.3 is 0 Å². The summed E-state index contributed by atoms with van der Waals surface area (Å²) < 4.78 is 26.0. The zero-order valence-electron chi connectivity index (χ0n) is 9.64. The van der Waals surface area contributed by atoms with E-state index in [9.17, 15) is 8.42 Å². The lowest BCUT2D eigenvalue weighted by Crippen LogP contribution is -2.31. The highest BCUT2D eigenvalue weighted by molar-refractivity contribution is 7.89. The maximum atomic E-state index is 12.4. The summed E-state index contributed by atoms with van der Waals surface area (Å²) in [5, 5.41) is 0.452. The lowest BCUT2D eigenvalue weighted by atomic mass is 10.4. The number of benzene rings is 1. The maximum absolute atomic E-state index is 12.4. The van der Waals surface area contributed by atoms with Crippen LogP contribution in [0.25, 0.3) is 0 Å². The Balaban J connectivity index is 3.29. The van der Waals surface area contributed by atoms with Crippen LogP contribution in [0.3, 0.4) is 0 Å². The molecule has 0 aliphatic heterocycles. The molecule has 0 heterocycles. The predicted octanol–water partition coefficient (Wildman–Crippen LogP) is 3.36. The fourth-order valence-electron chi connectivity index (χ4n) is 1.37. The number of hydrogen-bond acceptors (Lipinski definition) is 2. The van der Waals surface area contributed by atoms with Gasteiger partial charge in [-0.05, 0) is 18.2 Å². The molecule has 0 saturated carbocycles.